The van der Waals surface area contributed by atoms with E-state index in [0.29, 0.717) is 12.2 Å². The van der Waals surface area contributed by atoms with Crippen molar-refractivity contribution >= 4 is 5.97 Å². The second kappa shape index (κ2) is 5.06. The number of benzene rings is 1. The topological polar surface area (TPSA) is 72.2 Å². The predicted molar refractivity (Wildman–Crippen MR) is 71.3 cm³/mol. The lowest BCUT2D eigenvalue weighted by molar-refractivity contribution is 0.0693. The lowest BCUT2D eigenvalue weighted by Gasteiger charge is -2.07. The fourth-order valence-electron chi connectivity index (χ4n) is 1.77. The Morgan fingerprint density at radius 2 is 1.95 bits per heavy atom. The van der Waals surface area contributed by atoms with Gasteiger partial charge in [0.1, 0.15) is 5.56 Å². The van der Waals surface area contributed by atoms with Crippen molar-refractivity contribution in [1.82, 2.24) is 9.78 Å². The van der Waals surface area contributed by atoms with E-state index >= 15 is 0 Å². The van der Waals surface area contributed by atoms with Gasteiger partial charge in [-0.15, -0.1) is 0 Å². The Kier molecular flexibility index (Phi) is 3.46. The third-order valence-corrected chi connectivity index (χ3v) is 2.85. The summed E-state index contributed by atoms with van der Waals surface area (Å²) in [5, 5.41) is 13.2. The zero-order valence-electron chi connectivity index (χ0n) is 10.8. The van der Waals surface area contributed by atoms with Gasteiger partial charge in [0.25, 0.3) is 5.56 Å². The van der Waals surface area contributed by atoms with Gasteiger partial charge in [0.05, 0.1) is 5.69 Å². The van der Waals surface area contributed by atoms with Crippen molar-refractivity contribution in [2.24, 2.45) is 0 Å². The van der Waals surface area contributed by atoms with Crippen LogP contribution in [0.15, 0.2) is 35.1 Å². The van der Waals surface area contributed by atoms with Crippen molar-refractivity contribution in [3.05, 3.63) is 51.8 Å². The first-order chi connectivity index (χ1) is 9.02. The summed E-state index contributed by atoms with van der Waals surface area (Å²) in [6, 6.07) is 8.86. The Morgan fingerprint density at radius 3 is 2.47 bits per heavy atom. The number of hydrogen-bond acceptors (Lipinski definition) is 3. The highest BCUT2D eigenvalue weighted by Gasteiger charge is 2.14. The van der Waals surface area contributed by atoms with Crippen LogP contribution in [0.3, 0.4) is 0 Å². The molecule has 5 heteroatoms. The molecule has 0 aliphatic carbocycles. The van der Waals surface area contributed by atoms with Crippen LogP contribution in [0.4, 0.5) is 0 Å². The summed E-state index contributed by atoms with van der Waals surface area (Å²) in [6.45, 7) is 4.05. The number of aromatic nitrogens is 2. The standard InChI is InChI=1S/C14H14N2O3/c1-3-16-13(17)11(14(18)19)8-12(15-16)10-6-4-9(2)5-7-10/h4-8H,3H2,1-2H3,(H,18,19). The van der Waals surface area contributed by atoms with Crippen LogP contribution in [0.25, 0.3) is 11.3 Å². The highest BCUT2D eigenvalue weighted by Crippen LogP contribution is 2.17. The molecule has 2 rings (SSSR count). The smallest absolute Gasteiger partial charge is 0.341 e. The first kappa shape index (κ1) is 13.0. The van der Waals surface area contributed by atoms with Gasteiger partial charge in [0, 0.05) is 12.1 Å². The molecule has 0 aliphatic rings. The molecule has 0 spiro atoms. The molecule has 98 valence electrons. The van der Waals surface area contributed by atoms with Crippen LogP contribution in [0, 0.1) is 6.92 Å². The van der Waals surface area contributed by atoms with Gasteiger partial charge in [-0.1, -0.05) is 29.8 Å². The SMILES string of the molecule is CCn1nc(-c2ccc(C)cc2)cc(C(=O)O)c1=O. The van der Waals surface area contributed by atoms with Crippen molar-refractivity contribution in [2.45, 2.75) is 20.4 Å². The maximum Gasteiger partial charge on any atom is 0.341 e. The number of hydrogen-bond donors (Lipinski definition) is 1. The van der Waals surface area contributed by atoms with Gasteiger partial charge in [-0.3, -0.25) is 4.79 Å². The minimum absolute atomic E-state index is 0.257. The fraction of sp³-hybridized carbons (Fsp3) is 0.214. The van der Waals surface area contributed by atoms with E-state index in [0.717, 1.165) is 11.1 Å². The van der Waals surface area contributed by atoms with E-state index in [1.54, 1.807) is 6.92 Å². The summed E-state index contributed by atoms with van der Waals surface area (Å²) in [4.78, 5) is 22.9. The molecule has 0 saturated carbocycles. The third-order valence-electron chi connectivity index (χ3n) is 2.85. The van der Waals surface area contributed by atoms with Gasteiger partial charge in [-0.2, -0.15) is 5.10 Å². The van der Waals surface area contributed by atoms with Crippen LogP contribution in [0.1, 0.15) is 22.8 Å². The van der Waals surface area contributed by atoms with Crippen LogP contribution in [0.2, 0.25) is 0 Å². The number of aryl methyl sites for hydroxylation is 2. The van der Waals surface area contributed by atoms with Gasteiger partial charge in [-0.05, 0) is 19.9 Å². The summed E-state index contributed by atoms with van der Waals surface area (Å²) in [7, 11) is 0. The molecule has 5 nitrogen and oxygen atoms in total. The lowest BCUT2D eigenvalue weighted by Crippen LogP contribution is -2.28. The van der Waals surface area contributed by atoms with E-state index in [9.17, 15) is 9.59 Å². The van der Waals surface area contributed by atoms with Crippen LogP contribution < -0.4 is 5.56 Å². The summed E-state index contributed by atoms with van der Waals surface area (Å²) in [6.07, 6.45) is 0. The normalized spacial score (nSPS) is 10.4. The number of carboxylic acids is 1. The molecule has 0 amide bonds. The predicted octanol–water partition coefficient (Wildman–Crippen LogP) is 1.94. The van der Waals surface area contributed by atoms with Crippen LogP contribution >= 0.6 is 0 Å². The number of aromatic carboxylic acids is 1. The first-order valence-electron chi connectivity index (χ1n) is 5.95. The lowest BCUT2D eigenvalue weighted by atomic mass is 10.1. The van der Waals surface area contributed by atoms with Crippen molar-refractivity contribution in [1.29, 1.82) is 0 Å². The van der Waals surface area contributed by atoms with Gasteiger partial charge in [0.2, 0.25) is 0 Å². The van der Waals surface area contributed by atoms with E-state index < -0.39 is 11.5 Å². The summed E-state index contributed by atoms with van der Waals surface area (Å²) < 4.78 is 1.17. The minimum atomic E-state index is -1.23. The van der Waals surface area contributed by atoms with Crippen molar-refractivity contribution in [2.75, 3.05) is 0 Å². The molecule has 0 atom stereocenters. The molecule has 0 saturated heterocycles. The first-order valence-corrected chi connectivity index (χ1v) is 5.95. The average Bonchev–Trinajstić information content (AvgIpc) is 2.39. The molecule has 1 aromatic heterocycles. The van der Waals surface area contributed by atoms with Crippen LogP contribution in [-0.2, 0) is 6.54 Å². The molecule has 1 aromatic carbocycles. The Hall–Kier alpha value is -2.43. The Labute approximate surface area is 110 Å². The number of nitrogens with zero attached hydrogens (tertiary/aromatic N) is 2. The molecule has 0 fully saturated rings. The van der Waals surface area contributed by atoms with Crippen molar-refractivity contribution < 1.29 is 9.90 Å². The van der Waals surface area contributed by atoms with Gasteiger partial charge >= 0.3 is 5.97 Å². The number of carbonyl (C=O) groups is 1. The van der Waals surface area contributed by atoms with E-state index in [4.69, 9.17) is 5.11 Å². The molecule has 0 unspecified atom stereocenters. The summed E-state index contributed by atoms with van der Waals surface area (Å²) in [5.41, 5.74) is 1.54. The number of carboxylic acid groups (broad SMARTS) is 1. The monoisotopic (exact) mass is 258 g/mol. The molecule has 1 N–H and O–H groups in total. The molecule has 0 bridgehead atoms. The van der Waals surface area contributed by atoms with E-state index in [2.05, 4.69) is 5.10 Å². The number of rotatable bonds is 3. The second-order valence-electron chi connectivity index (χ2n) is 4.24. The molecule has 0 aliphatic heterocycles. The highest BCUT2D eigenvalue weighted by atomic mass is 16.4. The molecular weight excluding hydrogens is 244 g/mol. The Morgan fingerprint density at radius 1 is 1.32 bits per heavy atom. The zero-order chi connectivity index (χ0) is 14.0. The average molecular weight is 258 g/mol. The summed E-state index contributed by atoms with van der Waals surface area (Å²) >= 11 is 0. The van der Waals surface area contributed by atoms with Gasteiger partial charge in [-0.25, -0.2) is 9.48 Å². The van der Waals surface area contributed by atoms with Crippen molar-refractivity contribution in [3.63, 3.8) is 0 Å². The van der Waals surface area contributed by atoms with E-state index in [-0.39, 0.29) is 5.56 Å². The fourth-order valence-corrected chi connectivity index (χ4v) is 1.77. The quantitative estimate of drug-likeness (QED) is 0.913. The molecule has 2 aromatic rings. The molecule has 1 heterocycles. The second-order valence-corrected chi connectivity index (χ2v) is 4.24. The zero-order valence-corrected chi connectivity index (χ0v) is 10.8. The highest BCUT2D eigenvalue weighted by molar-refractivity contribution is 5.88. The minimum Gasteiger partial charge on any atom is -0.477 e. The van der Waals surface area contributed by atoms with E-state index in [1.165, 1.54) is 10.7 Å². The third kappa shape index (κ3) is 2.54. The molecule has 0 radical (unpaired) electrons. The maximum atomic E-state index is 11.8. The molecule has 19 heavy (non-hydrogen) atoms. The van der Waals surface area contributed by atoms with Gasteiger partial charge in [0.15, 0.2) is 0 Å². The van der Waals surface area contributed by atoms with Gasteiger partial charge < -0.3 is 5.11 Å². The van der Waals surface area contributed by atoms with Crippen LogP contribution in [-0.4, -0.2) is 20.9 Å². The summed E-state index contributed by atoms with van der Waals surface area (Å²) in [5.74, 6) is -1.23. The van der Waals surface area contributed by atoms with E-state index in [1.807, 2.05) is 31.2 Å². The Balaban J connectivity index is 2.64. The van der Waals surface area contributed by atoms with Crippen molar-refractivity contribution in [3.8, 4) is 11.3 Å². The van der Waals surface area contributed by atoms with Crippen LogP contribution in [0.5, 0.6) is 0 Å². The maximum absolute atomic E-state index is 11.8. The molecular formula is C14H14N2O3. The Bertz CT molecular complexity index is 672. The largest absolute Gasteiger partial charge is 0.477 e.